The number of alkyl halides is 4. The summed E-state index contributed by atoms with van der Waals surface area (Å²) in [5, 5.41) is -0.613. The fraction of sp³-hybridized carbons (Fsp3) is 0.462. The Labute approximate surface area is 118 Å². The number of hydrogen-bond acceptors (Lipinski definition) is 1. The molecule has 0 radical (unpaired) electrons. The van der Waals surface area contributed by atoms with E-state index in [2.05, 4.69) is 4.98 Å². The molecular weight excluding hydrogens is 296 g/mol. The molecule has 0 aliphatic carbocycles. The second-order valence-electron chi connectivity index (χ2n) is 4.73. The lowest BCUT2D eigenvalue weighted by atomic mass is 10.2. The Balaban J connectivity index is 2.60. The third-order valence-corrected chi connectivity index (χ3v) is 3.22. The average molecular weight is 309 g/mol. The maximum atomic E-state index is 13.7. The largest absolute Gasteiger partial charge is 0.391 e. The van der Waals surface area contributed by atoms with E-state index in [0.29, 0.717) is 5.52 Å². The Morgan fingerprint density at radius 1 is 1.30 bits per heavy atom. The predicted octanol–water partition coefficient (Wildman–Crippen LogP) is 4.99. The monoisotopic (exact) mass is 308 g/mol. The molecule has 0 aliphatic rings. The summed E-state index contributed by atoms with van der Waals surface area (Å²) in [4.78, 5) is 4.05. The fourth-order valence-corrected chi connectivity index (χ4v) is 2.42. The molecule has 0 fully saturated rings. The van der Waals surface area contributed by atoms with Crippen LogP contribution in [-0.4, -0.2) is 15.7 Å². The van der Waals surface area contributed by atoms with Crippen LogP contribution in [0, 0.1) is 5.82 Å². The fourth-order valence-electron chi connectivity index (χ4n) is 2.27. The molecule has 2 nitrogen and oxygen atoms in total. The highest BCUT2D eigenvalue weighted by molar-refractivity contribution is 6.20. The van der Waals surface area contributed by atoms with Gasteiger partial charge in [-0.2, -0.15) is 13.2 Å². The molecule has 7 heteroatoms. The molecule has 1 heterocycles. The molecule has 110 valence electrons. The van der Waals surface area contributed by atoms with E-state index in [1.54, 1.807) is 13.0 Å². The summed E-state index contributed by atoms with van der Waals surface area (Å²) in [7, 11) is 0. The standard InChI is InChI=1S/C13H13ClF4N2/c1-7(6-13(16,17)18)20-10-5-3-4-9(15)11(10)19-12(20)8(2)14/h3-5,7-8H,6H2,1-2H3. The van der Waals surface area contributed by atoms with Crippen molar-refractivity contribution in [2.75, 3.05) is 0 Å². The van der Waals surface area contributed by atoms with Crippen LogP contribution in [0.2, 0.25) is 0 Å². The number of benzene rings is 1. The van der Waals surface area contributed by atoms with Gasteiger partial charge in [0, 0.05) is 6.04 Å². The summed E-state index contributed by atoms with van der Waals surface area (Å²) in [6.45, 7) is 3.01. The van der Waals surface area contributed by atoms with E-state index < -0.39 is 29.8 Å². The minimum absolute atomic E-state index is 0.0454. The molecule has 2 unspecified atom stereocenters. The first-order valence-corrected chi connectivity index (χ1v) is 6.51. The van der Waals surface area contributed by atoms with Gasteiger partial charge in [0.25, 0.3) is 0 Å². The molecule has 2 atom stereocenters. The van der Waals surface area contributed by atoms with Crippen LogP contribution < -0.4 is 0 Å². The van der Waals surface area contributed by atoms with Crippen molar-refractivity contribution in [3.63, 3.8) is 0 Å². The normalized spacial score (nSPS) is 15.6. The highest BCUT2D eigenvalue weighted by atomic mass is 35.5. The van der Waals surface area contributed by atoms with E-state index in [4.69, 9.17) is 11.6 Å². The number of aromatic nitrogens is 2. The Kier molecular flexibility index (Phi) is 3.95. The molecule has 0 spiro atoms. The third kappa shape index (κ3) is 2.90. The van der Waals surface area contributed by atoms with Gasteiger partial charge in [-0.25, -0.2) is 9.37 Å². The number of halogens is 5. The highest BCUT2D eigenvalue weighted by Gasteiger charge is 2.32. The van der Waals surface area contributed by atoms with E-state index in [0.717, 1.165) is 0 Å². The second kappa shape index (κ2) is 5.24. The SMILES string of the molecule is CC(Cl)c1nc2c(F)cccc2n1C(C)CC(F)(F)F. The van der Waals surface area contributed by atoms with Crippen LogP contribution in [0.25, 0.3) is 11.0 Å². The first-order chi connectivity index (χ1) is 9.20. The van der Waals surface area contributed by atoms with Crippen LogP contribution >= 0.6 is 11.6 Å². The van der Waals surface area contributed by atoms with E-state index >= 15 is 0 Å². The third-order valence-electron chi connectivity index (χ3n) is 3.02. The minimum atomic E-state index is -4.31. The van der Waals surface area contributed by atoms with Gasteiger partial charge >= 0.3 is 6.18 Å². The Morgan fingerprint density at radius 2 is 1.95 bits per heavy atom. The quantitative estimate of drug-likeness (QED) is 0.577. The molecule has 2 aromatic rings. The average Bonchev–Trinajstić information content (AvgIpc) is 2.67. The van der Waals surface area contributed by atoms with Crippen molar-refractivity contribution in [1.82, 2.24) is 9.55 Å². The number of hydrogen-bond donors (Lipinski definition) is 0. The van der Waals surface area contributed by atoms with Gasteiger partial charge in [0.15, 0.2) is 5.82 Å². The zero-order valence-corrected chi connectivity index (χ0v) is 11.6. The Hall–Kier alpha value is -1.30. The minimum Gasteiger partial charge on any atom is -0.323 e. The Bertz CT molecular complexity index is 619. The van der Waals surface area contributed by atoms with Crippen molar-refractivity contribution in [3.05, 3.63) is 29.8 Å². The van der Waals surface area contributed by atoms with Crippen LogP contribution in [0.4, 0.5) is 17.6 Å². The van der Waals surface area contributed by atoms with E-state index in [9.17, 15) is 17.6 Å². The topological polar surface area (TPSA) is 17.8 Å². The maximum absolute atomic E-state index is 13.7. The van der Waals surface area contributed by atoms with Crippen molar-refractivity contribution in [2.45, 2.75) is 37.9 Å². The van der Waals surface area contributed by atoms with Gasteiger partial charge in [-0.05, 0) is 26.0 Å². The first-order valence-electron chi connectivity index (χ1n) is 6.08. The summed E-state index contributed by atoms with van der Waals surface area (Å²) in [6, 6.07) is 3.30. The van der Waals surface area contributed by atoms with Gasteiger partial charge in [-0.15, -0.1) is 11.6 Å². The van der Waals surface area contributed by atoms with Crippen molar-refractivity contribution in [2.24, 2.45) is 0 Å². The molecule has 0 saturated carbocycles. The Morgan fingerprint density at radius 3 is 2.50 bits per heavy atom. The summed E-state index contributed by atoms with van der Waals surface area (Å²) < 4.78 is 52.8. The van der Waals surface area contributed by atoms with E-state index in [1.165, 1.54) is 23.6 Å². The number of nitrogens with zero attached hydrogens (tertiary/aromatic N) is 2. The second-order valence-corrected chi connectivity index (χ2v) is 5.39. The van der Waals surface area contributed by atoms with Gasteiger partial charge in [0.05, 0.1) is 17.3 Å². The number of rotatable bonds is 3. The molecular formula is C13H13ClF4N2. The molecule has 0 aliphatic heterocycles. The van der Waals surface area contributed by atoms with Crippen LogP contribution in [0.1, 0.15) is 37.5 Å². The van der Waals surface area contributed by atoms with Gasteiger partial charge in [-0.1, -0.05) is 6.07 Å². The van der Waals surface area contributed by atoms with Crippen molar-refractivity contribution < 1.29 is 17.6 Å². The molecule has 0 amide bonds. The zero-order chi connectivity index (χ0) is 15.1. The lowest BCUT2D eigenvalue weighted by Gasteiger charge is -2.20. The lowest BCUT2D eigenvalue weighted by Crippen LogP contribution is -2.18. The first kappa shape index (κ1) is 15.1. The van der Waals surface area contributed by atoms with Gasteiger partial charge < -0.3 is 4.57 Å². The lowest BCUT2D eigenvalue weighted by molar-refractivity contribution is -0.141. The molecule has 0 saturated heterocycles. The zero-order valence-electron chi connectivity index (χ0n) is 10.9. The molecule has 1 aromatic heterocycles. The maximum Gasteiger partial charge on any atom is 0.391 e. The summed E-state index contributed by atoms with van der Waals surface area (Å²) in [5.74, 6) is -0.331. The van der Waals surface area contributed by atoms with Crippen LogP contribution in [-0.2, 0) is 0 Å². The highest BCUT2D eigenvalue weighted by Crippen LogP contribution is 2.34. The molecule has 20 heavy (non-hydrogen) atoms. The molecule has 2 rings (SSSR count). The van der Waals surface area contributed by atoms with Crippen molar-refractivity contribution in [3.8, 4) is 0 Å². The number of para-hydroxylation sites is 1. The van der Waals surface area contributed by atoms with Crippen molar-refractivity contribution >= 4 is 22.6 Å². The molecule has 0 N–H and O–H groups in total. The van der Waals surface area contributed by atoms with Gasteiger partial charge in [-0.3, -0.25) is 0 Å². The van der Waals surface area contributed by atoms with Crippen molar-refractivity contribution in [1.29, 1.82) is 0 Å². The summed E-state index contributed by atoms with van der Waals surface area (Å²) in [5.41, 5.74) is 0.369. The summed E-state index contributed by atoms with van der Waals surface area (Å²) in [6.07, 6.45) is -5.33. The van der Waals surface area contributed by atoms with E-state index in [1.807, 2.05) is 0 Å². The van der Waals surface area contributed by atoms with Crippen LogP contribution in [0.5, 0.6) is 0 Å². The van der Waals surface area contributed by atoms with Gasteiger partial charge in [0.1, 0.15) is 11.3 Å². The van der Waals surface area contributed by atoms with E-state index in [-0.39, 0.29) is 11.3 Å². The van der Waals surface area contributed by atoms with Crippen LogP contribution in [0.3, 0.4) is 0 Å². The number of imidazole rings is 1. The number of fused-ring (bicyclic) bond motifs is 1. The van der Waals surface area contributed by atoms with Gasteiger partial charge in [0.2, 0.25) is 0 Å². The summed E-state index contributed by atoms with van der Waals surface area (Å²) >= 11 is 5.96. The predicted molar refractivity (Wildman–Crippen MR) is 69.3 cm³/mol. The van der Waals surface area contributed by atoms with Crippen LogP contribution in [0.15, 0.2) is 18.2 Å². The smallest absolute Gasteiger partial charge is 0.323 e. The molecule has 0 bridgehead atoms. The molecule has 1 aromatic carbocycles.